The van der Waals surface area contributed by atoms with Crippen molar-refractivity contribution in [3.8, 4) is 5.75 Å². The third-order valence-corrected chi connectivity index (χ3v) is 2.59. The molecule has 2 rings (SSSR count). The number of hydrogen-bond acceptors (Lipinski definition) is 2. The minimum atomic E-state index is 0.585. The molecule has 0 atom stereocenters. The molecular weight excluding hydrogens is 303 g/mol. The van der Waals surface area contributed by atoms with E-state index in [1.807, 2.05) is 47.3 Å². The smallest absolute Gasteiger partial charge is 0.120 e. The van der Waals surface area contributed by atoms with Gasteiger partial charge in [-0.1, -0.05) is 30.3 Å². The molecule has 3 heteroatoms. The van der Waals surface area contributed by atoms with Crippen LogP contribution in [0, 0.1) is 0 Å². The molecule has 0 unspecified atom stereocenters. The van der Waals surface area contributed by atoms with Gasteiger partial charge in [0.2, 0.25) is 0 Å². The van der Waals surface area contributed by atoms with Crippen molar-refractivity contribution in [1.82, 2.24) is 0 Å². The molecule has 0 aliphatic heterocycles. The summed E-state index contributed by atoms with van der Waals surface area (Å²) in [5.41, 5.74) is 0. The van der Waals surface area contributed by atoms with E-state index in [-0.39, 0.29) is 0 Å². The molecule has 0 bridgehead atoms. The normalized spacial score (nSPS) is 10.5. The van der Waals surface area contributed by atoms with E-state index in [4.69, 9.17) is 7.80 Å². The van der Waals surface area contributed by atoms with Gasteiger partial charge in [-0.3, -0.25) is 0 Å². The van der Waals surface area contributed by atoms with Gasteiger partial charge >= 0.3 is 0 Å². The number of benzene rings is 2. The Morgan fingerprint density at radius 1 is 0.933 bits per heavy atom. The first-order chi connectivity index (χ1) is 7.40. The van der Waals surface area contributed by atoms with Crippen molar-refractivity contribution < 1.29 is 7.80 Å². The molecule has 0 aromatic heterocycles. The standard InChI is InChI=1S/C12H11IO2/c13-15-8-7-14-12-6-5-10-3-1-2-4-11(10)9-12/h1-6,9H,7-8H2. The van der Waals surface area contributed by atoms with Crippen LogP contribution in [0.25, 0.3) is 10.8 Å². The van der Waals surface area contributed by atoms with Gasteiger partial charge in [-0.25, -0.2) is 0 Å². The minimum Gasteiger partial charge on any atom is -0.491 e. The van der Waals surface area contributed by atoms with Crippen LogP contribution in [0.2, 0.25) is 0 Å². The van der Waals surface area contributed by atoms with Gasteiger partial charge < -0.3 is 7.80 Å². The third kappa shape index (κ3) is 2.82. The second-order valence-corrected chi connectivity index (χ2v) is 3.79. The van der Waals surface area contributed by atoms with Crippen LogP contribution in [-0.4, -0.2) is 13.2 Å². The molecule has 0 N–H and O–H groups in total. The topological polar surface area (TPSA) is 18.5 Å². The first-order valence-corrected chi connectivity index (χ1v) is 5.63. The fourth-order valence-corrected chi connectivity index (χ4v) is 1.63. The van der Waals surface area contributed by atoms with E-state index in [0.717, 1.165) is 5.75 Å². The molecule has 0 aliphatic rings. The highest BCUT2D eigenvalue weighted by Gasteiger charge is 1.96. The summed E-state index contributed by atoms with van der Waals surface area (Å²) in [5.74, 6) is 0.891. The van der Waals surface area contributed by atoms with Crippen molar-refractivity contribution in [2.45, 2.75) is 0 Å². The van der Waals surface area contributed by atoms with E-state index in [1.54, 1.807) is 0 Å². The van der Waals surface area contributed by atoms with Gasteiger partial charge in [0.25, 0.3) is 0 Å². The van der Waals surface area contributed by atoms with Crippen molar-refractivity contribution in [2.75, 3.05) is 13.2 Å². The Kier molecular flexibility index (Phi) is 3.80. The SMILES string of the molecule is IOCCOc1ccc2ccccc2c1. The zero-order valence-corrected chi connectivity index (χ0v) is 10.3. The van der Waals surface area contributed by atoms with Crippen LogP contribution in [-0.2, 0) is 3.07 Å². The van der Waals surface area contributed by atoms with Crippen LogP contribution in [0.3, 0.4) is 0 Å². The molecule has 0 aliphatic carbocycles. The molecular formula is C12H11IO2. The molecule has 2 nitrogen and oxygen atoms in total. The van der Waals surface area contributed by atoms with E-state index in [9.17, 15) is 0 Å². The minimum absolute atomic E-state index is 0.585. The number of rotatable bonds is 4. The number of halogens is 1. The van der Waals surface area contributed by atoms with Crippen LogP contribution < -0.4 is 4.74 Å². The predicted octanol–water partition coefficient (Wildman–Crippen LogP) is 3.59. The lowest BCUT2D eigenvalue weighted by atomic mass is 10.1. The summed E-state index contributed by atoms with van der Waals surface area (Å²) < 4.78 is 10.4. The molecule has 0 saturated carbocycles. The molecule has 0 fully saturated rings. The molecule has 0 amide bonds. The van der Waals surface area contributed by atoms with Gasteiger partial charge in [-0.2, -0.15) is 0 Å². The molecule has 2 aromatic carbocycles. The molecule has 0 spiro atoms. The van der Waals surface area contributed by atoms with Crippen LogP contribution in [0.4, 0.5) is 0 Å². The van der Waals surface area contributed by atoms with E-state index in [0.29, 0.717) is 13.2 Å². The number of fused-ring (bicyclic) bond motifs is 1. The summed E-state index contributed by atoms with van der Waals surface area (Å²) in [4.78, 5) is 0. The van der Waals surface area contributed by atoms with Gasteiger partial charge in [0.05, 0.1) is 6.61 Å². The van der Waals surface area contributed by atoms with Crippen molar-refractivity contribution in [3.63, 3.8) is 0 Å². The predicted molar refractivity (Wildman–Crippen MR) is 69.4 cm³/mol. The highest BCUT2D eigenvalue weighted by atomic mass is 127. The van der Waals surface area contributed by atoms with Crippen LogP contribution in [0.5, 0.6) is 5.75 Å². The quantitative estimate of drug-likeness (QED) is 0.634. The van der Waals surface area contributed by atoms with E-state index >= 15 is 0 Å². The highest BCUT2D eigenvalue weighted by molar-refractivity contribution is 14.1. The average molecular weight is 314 g/mol. The maximum Gasteiger partial charge on any atom is 0.120 e. The Labute approximate surface area is 103 Å². The average Bonchev–Trinajstić information content (AvgIpc) is 2.29. The molecule has 15 heavy (non-hydrogen) atoms. The van der Waals surface area contributed by atoms with Gasteiger partial charge in [0.1, 0.15) is 35.4 Å². The second-order valence-electron chi connectivity index (χ2n) is 3.17. The van der Waals surface area contributed by atoms with E-state index in [2.05, 4.69) is 18.2 Å². The van der Waals surface area contributed by atoms with Gasteiger partial charge in [0.15, 0.2) is 0 Å². The third-order valence-electron chi connectivity index (χ3n) is 2.15. The maximum atomic E-state index is 5.52. The lowest BCUT2D eigenvalue weighted by Gasteiger charge is -2.05. The summed E-state index contributed by atoms with van der Waals surface area (Å²) in [6.07, 6.45) is 0. The summed E-state index contributed by atoms with van der Waals surface area (Å²) in [6, 6.07) is 14.3. The molecule has 78 valence electrons. The Bertz CT molecular complexity index is 442. The lowest BCUT2D eigenvalue weighted by Crippen LogP contribution is -2.02. The fraction of sp³-hybridized carbons (Fsp3) is 0.167. The van der Waals surface area contributed by atoms with Crippen molar-refractivity contribution >= 4 is 33.8 Å². The van der Waals surface area contributed by atoms with Crippen molar-refractivity contribution in [1.29, 1.82) is 0 Å². The fourth-order valence-electron chi connectivity index (χ4n) is 1.45. The Morgan fingerprint density at radius 3 is 2.53 bits per heavy atom. The first-order valence-electron chi connectivity index (χ1n) is 4.75. The number of hydrogen-bond donors (Lipinski definition) is 0. The van der Waals surface area contributed by atoms with Crippen LogP contribution >= 0.6 is 23.0 Å². The zero-order chi connectivity index (χ0) is 10.5. The largest absolute Gasteiger partial charge is 0.491 e. The Balaban J connectivity index is 2.16. The maximum absolute atomic E-state index is 5.52. The summed E-state index contributed by atoms with van der Waals surface area (Å²) in [7, 11) is 0. The summed E-state index contributed by atoms with van der Waals surface area (Å²) in [5, 5.41) is 2.43. The highest BCUT2D eigenvalue weighted by Crippen LogP contribution is 2.20. The molecule has 2 aromatic rings. The monoisotopic (exact) mass is 314 g/mol. The molecule has 0 radical (unpaired) electrons. The van der Waals surface area contributed by atoms with Crippen LogP contribution in [0.15, 0.2) is 42.5 Å². The Morgan fingerprint density at radius 2 is 1.73 bits per heavy atom. The zero-order valence-electron chi connectivity index (χ0n) is 8.15. The van der Waals surface area contributed by atoms with Crippen LogP contribution in [0.1, 0.15) is 0 Å². The van der Waals surface area contributed by atoms with Crippen molar-refractivity contribution in [2.24, 2.45) is 0 Å². The Hall–Kier alpha value is -0.810. The first kappa shape index (κ1) is 10.7. The molecule has 0 saturated heterocycles. The van der Waals surface area contributed by atoms with E-state index < -0.39 is 0 Å². The van der Waals surface area contributed by atoms with E-state index in [1.165, 1.54) is 10.8 Å². The van der Waals surface area contributed by atoms with Crippen molar-refractivity contribution in [3.05, 3.63) is 42.5 Å². The second kappa shape index (κ2) is 5.32. The lowest BCUT2D eigenvalue weighted by molar-refractivity contribution is 0.256. The van der Waals surface area contributed by atoms with Gasteiger partial charge in [0, 0.05) is 0 Å². The molecule has 0 heterocycles. The summed E-state index contributed by atoms with van der Waals surface area (Å²) in [6.45, 7) is 1.19. The number of ether oxygens (including phenoxy) is 1. The van der Waals surface area contributed by atoms with Gasteiger partial charge in [-0.15, -0.1) is 0 Å². The summed E-state index contributed by atoms with van der Waals surface area (Å²) >= 11 is 1.86. The van der Waals surface area contributed by atoms with Gasteiger partial charge in [-0.05, 0) is 22.9 Å².